The van der Waals surface area contributed by atoms with Gasteiger partial charge in [-0.3, -0.25) is 0 Å². The first-order chi connectivity index (χ1) is 8.33. The summed E-state index contributed by atoms with van der Waals surface area (Å²) in [6.45, 7) is 0.815. The minimum Gasteiger partial charge on any atom is -0.310 e. The van der Waals surface area contributed by atoms with E-state index in [1.54, 1.807) is 11.0 Å². The van der Waals surface area contributed by atoms with Crippen molar-refractivity contribution in [2.24, 2.45) is 0 Å². The molecule has 0 spiro atoms. The molecule has 5 nitrogen and oxygen atoms in total. The molecule has 1 aliphatic rings. The molecule has 0 bridgehead atoms. The molecule has 0 atom stereocenters. The second kappa shape index (κ2) is 4.43. The summed E-state index contributed by atoms with van der Waals surface area (Å²) >= 11 is 6.17. The third kappa shape index (κ3) is 2.45. The van der Waals surface area contributed by atoms with Crippen molar-refractivity contribution in [2.45, 2.75) is 25.4 Å². The summed E-state index contributed by atoms with van der Waals surface area (Å²) in [5.41, 5.74) is 1.09. The maximum absolute atomic E-state index is 6.17. The van der Waals surface area contributed by atoms with Crippen LogP contribution in [0.1, 0.15) is 18.4 Å². The first-order valence-electron chi connectivity index (χ1n) is 5.56. The van der Waals surface area contributed by atoms with Crippen LogP contribution in [0.3, 0.4) is 0 Å². The fraction of sp³-hybridized carbons (Fsp3) is 0.364. The predicted octanol–water partition coefficient (Wildman–Crippen LogP) is 1.57. The number of aromatic nitrogens is 4. The van der Waals surface area contributed by atoms with Gasteiger partial charge in [0, 0.05) is 18.8 Å². The maximum atomic E-state index is 6.17. The fourth-order valence-electron chi connectivity index (χ4n) is 1.60. The molecule has 0 saturated heterocycles. The van der Waals surface area contributed by atoms with E-state index in [-0.39, 0.29) is 0 Å². The van der Waals surface area contributed by atoms with Crippen LogP contribution in [-0.4, -0.2) is 25.8 Å². The van der Waals surface area contributed by atoms with Crippen LogP contribution in [0.25, 0.3) is 5.82 Å². The zero-order chi connectivity index (χ0) is 11.7. The van der Waals surface area contributed by atoms with Crippen molar-refractivity contribution < 1.29 is 0 Å². The Hall–Kier alpha value is -1.46. The maximum Gasteiger partial charge on any atom is 0.173 e. The lowest BCUT2D eigenvalue weighted by molar-refractivity contribution is 0.685. The molecule has 0 radical (unpaired) electrons. The Morgan fingerprint density at radius 3 is 3.00 bits per heavy atom. The van der Waals surface area contributed by atoms with Gasteiger partial charge in [-0.25, -0.2) is 14.6 Å². The Bertz CT molecular complexity index is 507. The summed E-state index contributed by atoms with van der Waals surface area (Å²) in [6.07, 6.45) is 7.41. The smallest absolute Gasteiger partial charge is 0.173 e. The third-order valence-corrected chi connectivity index (χ3v) is 2.96. The average Bonchev–Trinajstić information content (AvgIpc) is 3.01. The Kier molecular flexibility index (Phi) is 2.78. The lowest BCUT2D eigenvalue weighted by Crippen LogP contribution is -2.15. The molecule has 1 N–H and O–H groups in total. The van der Waals surface area contributed by atoms with Gasteiger partial charge in [0.05, 0.1) is 5.02 Å². The van der Waals surface area contributed by atoms with Gasteiger partial charge in [-0.15, -0.1) is 0 Å². The molecule has 1 aliphatic carbocycles. The highest BCUT2D eigenvalue weighted by Gasteiger charge is 2.20. The van der Waals surface area contributed by atoms with Crippen molar-refractivity contribution >= 4 is 11.6 Å². The van der Waals surface area contributed by atoms with Crippen molar-refractivity contribution in [2.75, 3.05) is 0 Å². The molecule has 2 heterocycles. The second-order valence-electron chi connectivity index (χ2n) is 4.14. The summed E-state index contributed by atoms with van der Waals surface area (Å²) in [7, 11) is 0. The van der Waals surface area contributed by atoms with Crippen LogP contribution in [0, 0.1) is 0 Å². The van der Waals surface area contributed by atoms with Crippen molar-refractivity contribution in [1.82, 2.24) is 25.1 Å². The van der Waals surface area contributed by atoms with Crippen LogP contribution >= 0.6 is 11.6 Å². The van der Waals surface area contributed by atoms with Crippen LogP contribution in [0.4, 0.5) is 0 Å². The number of pyridine rings is 1. The fourth-order valence-corrected chi connectivity index (χ4v) is 1.88. The number of halogens is 1. The molecule has 88 valence electrons. The Labute approximate surface area is 104 Å². The molecule has 0 unspecified atom stereocenters. The summed E-state index contributed by atoms with van der Waals surface area (Å²) in [5.74, 6) is 0.610. The monoisotopic (exact) mass is 249 g/mol. The largest absolute Gasteiger partial charge is 0.310 e. The number of hydrogen-bond acceptors (Lipinski definition) is 4. The van der Waals surface area contributed by atoms with E-state index in [0.717, 1.165) is 12.1 Å². The zero-order valence-electron chi connectivity index (χ0n) is 9.17. The summed E-state index contributed by atoms with van der Waals surface area (Å²) in [4.78, 5) is 8.18. The van der Waals surface area contributed by atoms with Gasteiger partial charge in [-0.05, 0) is 24.5 Å². The Morgan fingerprint density at radius 1 is 1.47 bits per heavy atom. The van der Waals surface area contributed by atoms with E-state index < -0.39 is 0 Å². The summed E-state index contributed by atoms with van der Waals surface area (Å²) in [6, 6.07) is 2.60. The van der Waals surface area contributed by atoms with Crippen molar-refractivity contribution in [3.8, 4) is 5.82 Å². The quantitative estimate of drug-likeness (QED) is 0.894. The molecule has 0 aromatic carbocycles. The second-order valence-corrected chi connectivity index (χ2v) is 4.55. The molecule has 2 aromatic heterocycles. The van der Waals surface area contributed by atoms with E-state index in [9.17, 15) is 0 Å². The lowest BCUT2D eigenvalue weighted by atomic mass is 10.3. The molecule has 0 aliphatic heterocycles. The molecule has 1 saturated carbocycles. The van der Waals surface area contributed by atoms with Crippen LogP contribution in [0.2, 0.25) is 5.02 Å². The lowest BCUT2D eigenvalue weighted by Gasteiger charge is -2.06. The van der Waals surface area contributed by atoms with E-state index in [1.807, 2.05) is 12.3 Å². The van der Waals surface area contributed by atoms with Gasteiger partial charge >= 0.3 is 0 Å². The Morgan fingerprint density at radius 2 is 2.35 bits per heavy atom. The molecule has 17 heavy (non-hydrogen) atoms. The SMILES string of the molecule is Clc1cc(CNC2CC2)cnc1-n1cncn1. The molecular weight excluding hydrogens is 238 g/mol. The van der Waals surface area contributed by atoms with E-state index in [4.69, 9.17) is 11.6 Å². The normalized spacial score (nSPS) is 15.1. The van der Waals surface area contributed by atoms with Crippen LogP contribution in [0.15, 0.2) is 24.9 Å². The molecule has 3 rings (SSSR count). The number of rotatable bonds is 4. The van der Waals surface area contributed by atoms with Gasteiger partial charge in [0.15, 0.2) is 5.82 Å². The standard InChI is InChI=1S/C11H12ClN5/c12-10-3-8(4-14-9-1-2-9)5-15-11(10)17-7-13-6-16-17/h3,5-7,9,14H,1-2,4H2. The van der Waals surface area contributed by atoms with Crippen molar-refractivity contribution in [3.63, 3.8) is 0 Å². The van der Waals surface area contributed by atoms with Crippen molar-refractivity contribution in [1.29, 1.82) is 0 Å². The summed E-state index contributed by atoms with van der Waals surface area (Å²) < 4.78 is 1.56. The van der Waals surface area contributed by atoms with Gasteiger partial charge in [-0.2, -0.15) is 5.10 Å². The molecular formula is C11H12ClN5. The van der Waals surface area contributed by atoms with Gasteiger partial charge in [0.2, 0.25) is 0 Å². The molecule has 2 aromatic rings. The first kappa shape index (κ1) is 10.7. The molecule has 0 amide bonds. The highest BCUT2D eigenvalue weighted by molar-refractivity contribution is 6.32. The highest BCUT2D eigenvalue weighted by atomic mass is 35.5. The molecule has 1 fully saturated rings. The topological polar surface area (TPSA) is 55.6 Å². The van der Waals surface area contributed by atoms with E-state index in [2.05, 4.69) is 20.4 Å². The van der Waals surface area contributed by atoms with Gasteiger partial charge in [-0.1, -0.05) is 11.6 Å². The van der Waals surface area contributed by atoms with Crippen LogP contribution in [0.5, 0.6) is 0 Å². The minimum atomic E-state index is 0.589. The van der Waals surface area contributed by atoms with Gasteiger partial charge < -0.3 is 5.32 Å². The van der Waals surface area contributed by atoms with E-state index >= 15 is 0 Å². The van der Waals surface area contributed by atoms with Crippen LogP contribution in [-0.2, 0) is 6.54 Å². The first-order valence-corrected chi connectivity index (χ1v) is 5.93. The van der Waals surface area contributed by atoms with Crippen molar-refractivity contribution in [3.05, 3.63) is 35.5 Å². The average molecular weight is 250 g/mol. The third-order valence-electron chi connectivity index (χ3n) is 2.69. The number of nitrogens with zero attached hydrogens (tertiary/aromatic N) is 4. The number of nitrogens with one attached hydrogen (secondary N) is 1. The minimum absolute atomic E-state index is 0.589. The predicted molar refractivity (Wildman–Crippen MR) is 64.0 cm³/mol. The van der Waals surface area contributed by atoms with Crippen LogP contribution < -0.4 is 5.32 Å². The van der Waals surface area contributed by atoms with E-state index in [0.29, 0.717) is 16.9 Å². The number of hydrogen-bond donors (Lipinski definition) is 1. The highest BCUT2D eigenvalue weighted by Crippen LogP contribution is 2.21. The van der Waals surface area contributed by atoms with Gasteiger partial charge in [0.1, 0.15) is 12.7 Å². The Balaban J connectivity index is 1.78. The summed E-state index contributed by atoms with van der Waals surface area (Å²) in [5, 5.41) is 8.01. The zero-order valence-corrected chi connectivity index (χ0v) is 9.93. The van der Waals surface area contributed by atoms with E-state index in [1.165, 1.54) is 19.2 Å². The molecule has 6 heteroatoms. The van der Waals surface area contributed by atoms with Gasteiger partial charge in [0.25, 0.3) is 0 Å².